The maximum absolute atomic E-state index is 13.6. The summed E-state index contributed by atoms with van der Waals surface area (Å²) in [6.45, 7) is 13.4. The molecule has 0 radical (unpaired) electrons. The van der Waals surface area contributed by atoms with E-state index in [4.69, 9.17) is 14.5 Å². The van der Waals surface area contributed by atoms with Gasteiger partial charge in [0.15, 0.2) is 0 Å². The van der Waals surface area contributed by atoms with Crippen molar-refractivity contribution in [3.05, 3.63) is 59.8 Å². The summed E-state index contributed by atoms with van der Waals surface area (Å²) in [6, 6.07) is 12.1. The van der Waals surface area contributed by atoms with Crippen molar-refractivity contribution in [2.24, 2.45) is 7.05 Å². The van der Waals surface area contributed by atoms with Crippen molar-refractivity contribution in [1.82, 2.24) is 29.9 Å². The van der Waals surface area contributed by atoms with Crippen LogP contribution in [-0.4, -0.2) is 60.3 Å². The summed E-state index contributed by atoms with van der Waals surface area (Å²) in [4.78, 5) is 43.0. The molecule has 45 heavy (non-hydrogen) atoms. The van der Waals surface area contributed by atoms with Crippen LogP contribution in [0.2, 0.25) is 0 Å². The lowest BCUT2D eigenvalue weighted by Gasteiger charge is -2.20. The van der Waals surface area contributed by atoms with E-state index in [-0.39, 0.29) is 11.6 Å². The van der Waals surface area contributed by atoms with Gasteiger partial charge in [0.2, 0.25) is 5.95 Å². The molecule has 0 aliphatic rings. The largest absolute Gasteiger partial charge is 0.456 e. The maximum atomic E-state index is 13.6. The number of rotatable bonds is 10. The summed E-state index contributed by atoms with van der Waals surface area (Å²) in [5.74, 6) is -0.548. The Balaban J connectivity index is 1.60. The number of unbranched alkanes of at least 4 members (excludes halogenated alkanes) is 1. The van der Waals surface area contributed by atoms with Gasteiger partial charge in [-0.2, -0.15) is 0 Å². The molecular weight excluding hydrogens is 574 g/mol. The number of alkyl carbamates (subject to hydrolysis) is 1. The van der Waals surface area contributed by atoms with Crippen molar-refractivity contribution in [1.29, 1.82) is 0 Å². The molecule has 0 spiro atoms. The Morgan fingerprint density at radius 1 is 0.933 bits per heavy atom. The number of fused-ring (bicyclic) bond motifs is 1. The number of aromatic nitrogens is 5. The third-order valence-corrected chi connectivity index (χ3v) is 6.73. The van der Waals surface area contributed by atoms with Gasteiger partial charge < -0.3 is 19.4 Å². The van der Waals surface area contributed by atoms with E-state index in [1.54, 1.807) is 50.7 Å². The summed E-state index contributed by atoms with van der Waals surface area (Å²) >= 11 is 0. The molecule has 2 aromatic heterocycles. The number of ether oxygens (including phenoxy) is 2. The molecule has 0 saturated heterocycles. The van der Waals surface area contributed by atoms with Crippen molar-refractivity contribution in [3.8, 4) is 11.3 Å². The van der Waals surface area contributed by atoms with Crippen molar-refractivity contribution in [2.75, 3.05) is 11.9 Å². The molecule has 0 aliphatic carbocycles. The Morgan fingerprint density at radius 3 is 2.29 bits per heavy atom. The third kappa shape index (κ3) is 8.90. The molecule has 2 amide bonds. The average Bonchev–Trinajstić information content (AvgIpc) is 3.54. The number of carbonyl (C=O) groups excluding carboxylic acids is 3. The van der Waals surface area contributed by atoms with Crippen LogP contribution in [0.1, 0.15) is 94.5 Å². The standard InChI is InChI=1S/C33H43N7O5/c1-21(13-9-10-18-34-31(43)45-33(5,6)7)40-27-24(26-20-39(8)38-37-26)16-12-17-25(27)35-30(40)36-28(41)22-14-11-15-23(19-22)29(42)44-32(2,3)4/h11-12,14-17,19-21H,9-10,13,18H2,1-8H3,(H,34,43)(H,35,36,41)/t21-/m1/s1. The number of nitrogens with zero attached hydrogens (tertiary/aromatic N) is 5. The van der Waals surface area contributed by atoms with Crippen LogP contribution in [0, 0.1) is 0 Å². The van der Waals surface area contributed by atoms with Gasteiger partial charge in [0.05, 0.1) is 22.8 Å². The zero-order chi connectivity index (χ0) is 32.9. The van der Waals surface area contributed by atoms with E-state index in [9.17, 15) is 14.4 Å². The number of benzene rings is 2. The molecule has 0 aliphatic heterocycles. The van der Waals surface area contributed by atoms with Gasteiger partial charge in [0.25, 0.3) is 5.91 Å². The molecule has 2 N–H and O–H groups in total. The molecule has 0 bridgehead atoms. The highest BCUT2D eigenvalue weighted by Crippen LogP contribution is 2.34. The Labute approximate surface area is 263 Å². The molecule has 4 rings (SSSR count). The molecule has 2 heterocycles. The van der Waals surface area contributed by atoms with Gasteiger partial charge in [-0.3, -0.25) is 14.8 Å². The average molecular weight is 618 g/mol. The van der Waals surface area contributed by atoms with E-state index in [0.29, 0.717) is 29.3 Å². The minimum atomic E-state index is -0.664. The molecule has 0 unspecified atom stereocenters. The summed E-state index contributed by atoms with van der Waals surface area (Å²) in [5.41, 5.74) is 2.38. The van der Waals surface area contributed by atoms with E-state index >= 15 is 0 Å². The highest BCUT2D eigenvalue weighted by atomic mass is 16.6. The van der Waals surface area contributed by atoms with E-state index in [1.165, 1.54) is 6.07 Å². The number of para-hydroxylation sites is 1. The first kappa shape index (κ1) is 33.2. The van der Waals surface area contributed by atoms with E-state index in [0.717, 1.165) is 30.3 Å². The van der Waals surface area contributed by atoms with Crippen LogP contribution in [0.15, 0.2) is 48.7 Å². The van der Waals surface area contributed by atoms with Gasteiger partial charge in [-0.25, -0.2) is 14.6 Å². The lowest BCUT2D eigenvalue weighted by atomic mass is 10.1. The van der Waals surface area contributed by atoms with Crippen LogP contribution >= 0.6 is 0 Å². The molecule has 12 nitrogen and oxygen atoms in total. The predicted octanol–water partition coefficient (Wildman–Crippen LogP) is 6.30. The first-order chi connectivity index (χ1) is 21.1. The van der Waals surface area contributed by atoms with E-state index in [2.05, 4.69) is 27.9 Å². The zero-order valence-electron chi connectivity index (χ0n) is 27.3. The summed E-state index contributed by atoms with van der Waals surface area (Å²) in [7, 11) is 1.80. The van der Waals surface area contributed by atoms with Gasteiger partial charge in [0, 0.05) is 30.8 Å². The number of carbonyl (C=O) groups is 3. The van der Waals surface area contributed by atoms with Crippen LogP contribution < -0.4 is 10.6 Å². The topological polar surface area (TPSA) is 142 Å². The maximum Gasteiger partial charge on any atom is 0.407 e. The van der Waals surface area contributed by atoms with Gasteiger partial charge in [-0.15, -0.1) is 5.10 Å². The van der Waals surface area contributed by atoms with E-state index < -0.39 is 29.2 Å². The number of aryl methyl sites for hydroxylation is 1. The van der Waals surface area contributed by atoms with Crippen molar-refractivity contribution in [3.63, 3.8) is 0 Å². The molecule has 2 aromatic carbocycles. The van der Waals surface area contributed by atoms with Crippen LogP contribution in [0.3, 0.4) is 0 Å². The first-order valence-electron chi connectivity index (χ1n) is 15.1. The summed E-state index contributed by atoms with van der Waals surface area (Å²) in [5, 5.41) is 14.2. The fourth-order valence-electron chi connectivity index (χ4n) is 4.84. The normalized spacial score (nSPS) is 12.5. The second-order valence-electron chi connectivity index (χ2n) is 13.1. The Bertz CT molecular complexity index is 1680. The van der Waals surface area contributed by atoms with Gasteiger partial charge in [-0.1, -0.05) is 23.4 Å². The van der Waals surface area contributed by atoms with Crippen molar-refractivity contribution in [2.45, 2.75) is 85.0 Å². The molecule has 12 heteroatoms. The number of hydrogen-bond donors (Lipinski definition) is 2. The molecule has 1 atom stereocenters. The van der Waals surface area contributed by atoms with Crippen LogP contribution in [0.5, 0.6) is 0 Å². The van der Waals surface area contributed by atoms with Crippen LogP contribution in [0.25, 0.3) is 22.3 Å². The smallest absolute Gasteiger partial charge is 0.407 e. The van der Waals surface area contributed by atoms with Gasteiger partial charge in [0.1, 0.15) is 16.9 Å². The fourth-order valence-corrected chi connectivity index (χ4v) is 4.84. The lowest BCUT2D eigenvalue weighted by Crippen LogP contribution is -2.33. The molecule has 4 aromatic rings. The van der Waals surface area contributed by atoms with Crippen LogP contribution in [0.4, 0.5) is 10.7 Å². The minimum absolute atomic E-state index is 0.0854. The summed E-state index contributed by atoms with van der Waals surface area (Å²) < 4.78 is 14.4. The third-order valence-electron chi connectivity index (χ3n) is 6.73. The Morgan fingerprint density at radius 2 is 1.62 bits per heavy atom. The Kier molecular flexibility index (Phi) is 9.94. The van der Waals surface area contributed by atoms with Crippen LogP contribution in [-0.2, 0) is 16.5 Å². The first-order valence-corrected chi connectivity index (χ1v) is 15.1. The second kappa shape index (κ2) is 13.5. The van der Waals surface area contributed by atoms with Crippen molar-refractivity contribution < 1.29 is 23.9 Å². The minimum Gasteiger partial charge on any atom is -0.456 e. The quantitative estimate of drug-likeness (QED) is 0.156. The molecule has 0 fully saturated rings. The molecule has 240 valence electrons. The highest BCUT2D eigenvalue weighted by Gasteiger charge is 2.24. The highest BCUT2D eigenvalue weighted by molar-refractivity contribution is 6.06. The number of amides is 2. The SMILES string of the molecule is C[C@H](CCCCNC(=O)OC(C)(C)C)n1c(NC(=O)c2cccc(C(=O)OC(C)(C)C)c2)nc2cccc(-c3cn(C)nn3)c21. The van der Waals surface area contributed by atoms with E-state index in [1.807, 2.05) is 49.7 Å². The van der Waals surface area contributed by atoms with Crippen molar-refractivity contribution >= 4 is 35.0 Å². The van der Waals surface area contributed by atoms with Gasteiger partial charge in [-0.05, 0) is 92.0 Å². The lowest BCUT2D eigenvalue weighted by molar-refractivity contribution is 0.00691. The fraction of sp³-hybridized carbons (Fsp3) is 0.455. The van der Waals surface area contributed by atoms with Gasteiger partial charge >= 0.3 is 12.1 Å². The number of nitrogens with one attached hydrogen (secondary N) is 2. The zero-order valence-corrected chi connectivity index (χ0v) is 27.3. The molecular formula is C33H43N7O5. The number of esters is 1. The monoisotopic (exact) mass is 617 g/mol. The number of imidazole rings is 1. The second-order valence-corrected chi connectivity index (χ2v) is 13.1. The number of hydrogen-bond acceptors (Lipinski definition) is 8. The molecule has 0 saturated carbocycles. The summed E-state index contributed by atoms with van der Waals surface area (Å²) in [6.07, 6.45) is 3.68. The number of anilines is 1. The predicted molar refractivity (Wildman–Crippen MR) is 172 cm³/mol. The Hall–Kier alpha value is -4.74.